The van der Waals surface area contributed by atoms with Crippen LogP contribution >= 0.6 is 0 Å². The van der Waals surface area contributed by atoms with Gasteiger partial charge in [-0.25, -0.2) is 0 Å². The molecule has 0 amide bonds. The van der Waals surface area contributed by atoms with Crippen molar-refractivity contribution in [3.8, 4) is 12.8 Å². The zero-order valence-electron chi connectivity index (χ0n) is 14.6. The minimum absolute atomic E-state index is 0. The van der Waals surface area contributed by atoms with Crippen molar-refractivity contribution in [3.05, 3.63) is 12.2 Å². The predicted molar refractivity (Wildman–Crippen MR) is 103 cm³/mol. The Labute approximate surface area is 129 Å². The Morgan fingerprint density at radius 3 is 0.789 bits per heavy atom. The first-order chi connectivity index (χ1) is 8.06. The van der Waals surface area contributed by atoms with Gasteiger partial charge in [0.15, 0.2) is 0 Å². The van der Waals surface area contributed by atoms with Gasteiger partial charge in [-0.3, -0.25) is 0 Å². The minimum Gasteiger partial charge on any atom is -0.124 e. The molecule has 0 heteroatoms. The summed E-state index contributed by atoms with van der Waals surface area (Å²) in [4.78, 5) is 0. The minimum atomic E-state index is 0. The monoisotopic (exact) mass is 276 g/mol. The van der Waals surface area contributed by atoms with Gasteiger partial charge in [0.1, 0.15) is 0 Å². The average Bonchev–Trinajstić information content (AvgIpc) is 2.36. The van der Waals surface area contributed by atoms with Crippen molar-refractivity contribution in [2.45, 2.75) is 97.4 Å². The molecule has 0 N–H and O–H groups in total. The lowest BCUT2D eigenvalue weighted by Gasteiger charge is -1.79. The highest BCUT2D eigenvalue weighted by Gasteiger charge is 1.68. The summed E-state index contributed by atoms with van der Waals surface area (Å²) in [5.41, 5.74) is 0. The summed E-state index contributed by atoms with van der Waals surface area (Å²) in [6.07, 6.45) is 13.2. The highest BCUT2D eigenvalue weighted by Crippen LogP contribution is 1.81. The van der Waals surface area contributed by atoms with E-state index in [2.05, 4.69) is 47.5 Å². The van der Waals surface area contributed by atoms with Gasteiger partial charge in [0, 0.05) is 0 Å². The highest BCUT2D eigenvalue weighted by atomic mass is 13.7. The van der Waals surface area contributed by atoms with Crippen LogP contribution in [0.25, 0.3) is 0 Å². The van der Waals surface area contributed by atoms with Crippen molar-refractivity contribution < 1.29 is 0 Å². The summed E-state index contributed by atoms with van der Waals surface area (Å²) in [6, 6.07) is 0. The van der Waals surface area contributed by atoms with E-state index in [1.807, 2.05) is 53.7 Å². The number of hydrogen-bond acceptors (Lipinski definition) is 0. The van der Waals surface area contributed by atoms with Crippen LogP contribution in [-0.2, 0) is 0 Å². The fourth-order valence-corrected chi connectivity index (χ4v) is 0. The summed E-state index contributed by atoms with van der Waals surface area (Å²) in [5, 5.41) is 0. The summed E-state index contributed by atoms with van der Waals surface area (Å²) < 4.78 is 0. The van der Waals surface area contributed by atoms with Gasteiger partial charge >= 0.3 is 0 Å². The molecular weight excluding hydrogens is 228 g/mol. The molecule has 0 heterocycles. The molecule has 0 aromatic carbocycles. The molecule has 0 atom stereocenters. The van der Waals surface area contributed by atoms with Crippen LogP contribution < -0.4 is 0 Å². The average molecular weight is 277 g/mol. The van der Waals surface area contributed by atoms with Crippen LogP contribution in [0.15, 0.2) is 12.2 Å². The lowest BCUT2D eigenvalue weighted by molar-refractivity contribution is 0.737. The molecule has 0 rings (SSSR count). The first kappa shape index (κ1) is 51.6. The molecule has 0 spiro atoms. The maximum atomic E-state index is 4.00. The Morgan fingerprint density at radius 1 is 0.737 bits per heavy atom. The largest absolute Gasteiger partial charge is 0.124 e. The van der Waals surface area contributed by atoms with E-state index < -0.39 is 0 Å². The zero-order chi connectivity index (χ0) is 15.7. The third kappa shape index (κ3) is 45000. The topological polar surface area (TPSA) is 0 Å². The molecular formula is C19H48. The van der Waals surface area contributed by atoms with Crippen LogP contribution in [-0.4, -0.2) is 0 Å². The Balaban J connectivity index is -0.0000000129. The lowest BCUT2D eigenvalue weighted by Crippen LogP contribution is -1.66. The molecule has 0 aliphatic carbocycles. The zero-order valence-corrected chi connectivity index (χ0v) is 14.6. The predicted octanol–water partition coefficient (Wildman–Crippen LogP) is 8.24. The second-order valence-electron chi connectivity index (χ2n) is 3.11. The van der Waals surface area contributed by atoms with Crippen molar-refractivity contribution >= 4 is 0 Å². The number of allylic oxidation sites excluding steroid dienone is 2. The molecule has 0 aliphatic rings. The van der Waals surface area contributed by atoms with Gasteiger partial charge in [0.25, 0.3) is 0 Å². The molecule has 0 bridgehead atoms. The van der Waals surface area contributed by atoms with Crippen LogP contribution in [0, 0.1) is 18.8 Å². The molecule has 19 heavy (non-hydrogen) atoms. The maximum absolute atomic E-state index is 4.00. The third-order valence-corrected chi connectivity index (χ3v) is 0.333. The van der Waals surface area contributed by atoms with Gasteiger partial charge in [-0.2, -0.15) is 0 Å². The standard InChI is InChI=1S/C4H10.C4H8.C3H8.2C2H6.C2H2.2CH4/c1-4(2)3;1-3-4-2;1-3-2;3*1-2;;/h4H,1-3H3;3-4H,1-2H3;3H2,1-2H3;2*1-2H3;1-2H;2*1H4/b;4-3+;;;;;;. The van der Waals surface area contributed by atoms with Crippen LogP contribution in [0.3, 0.4) is 0 Å². The van der Waals surface area contributed by atoms with E-state index in [0.717, 1.165) is 5.92 Å². The fraction of sp³-hybridized carbons (Fsp3) is 0.789. The van der Waals surface area contributed by atoms with Crippen LogP contribution in [0.4, 0.5) is 0 Å². The van der Waals surface area contributed by atoms with E-state index in [4.69, 9.17) is 0 Å². The van der Waals surface area contributed by atoms with Crippen molar-refractivity contribution in [2.75, 3.05) is 0 Å². The molecule has 0 saturated heterocycles. The van der Waals surface area contributed by atoms with E-state index in [1.165, 1.54) is 6.42 Å². The molecule has 0 radical (unpaired) electrons. The maximum Gasteiger partial charge on any atom is -0.0470 e. The number of hydrogen-bond donors (Lipinski definition) is 0. The van der Waals surface area contributed by atoms with Gasteiger partial charge in [-0.1, -0.05) is 95.7 Å². The molecule has 0 aliphatic heterocycles. The Hall–Kier alpha value is -0.700. The second kappa shape index (κ2) is 164. The lowest BCUT2D eigenvalue weighted by atomic mass is 10.3. The second-order valence-corrected chi connectivity index (χ2v) is 3.11. The molecule has 0 aromatic rings. The van der Waals surface area contributed by atoms with Gasteiger partial charge in [0.2, 0.25) is 0 Å². The van der Waals surface area contributed by atoms with Gasteiger partial charge in [-0.15, -0.1) is 12.8 Å². The van der Waals surface area contributed by atoms with E-state index in [0.29, 0.717) is 0 Å². The van der Waals surface area contributed by atoms with Crippen molar-refractivity contribution in [1.82, 2.24) is 0 Å². The van der Waals surface area contributed by atoms with Gasteiger partial charge in [0.05, 0.1) is 0 Å². The number of rotatable bonds is 0. The molecule has 0 aromatic heterocycles. The van der Waals surface area contributed by atoms with Crippen LogP contribution in [0.5, 0.6) is 0 Å². The van der Waals surface area contributed by atoms with Crippen LogP contribution in [0.1, 0.15) is 97.4 Å². The molecule has 0 unspecified atom stereocenters. The summed E-state index contributed by atoms with van der Waals surface area (Å²) in [5.74, 6) is 0.833. The normalized spacial score (nSPS) is 5.58. The van der Waals surface area contributed by atoms with Gasteiger partial charge in [-0.05, 0) is 19.8 Å². The highest BCUT2D eigenvalue weighted by molar-refractivity contribution is 4.68. The molecule has 0 nitrogen and oxygen atoms in total. The van der Waals surface area contributed by atoms with Crippen LogP contribution in [0.2, 0.25) is 0 Å². The van der Waals surface area contributed by atoms with E-state index in [1.54, 1.807) is 0 Å². The quantitative estimate of drug-likeness (QED) is 0.309. The Bertz CT molecular complexity index is 68.5. The summed E-state index contributed by atoms with van der Waals surface area (Å²) in [6.45, 7) is 22.8. The number of terminal acetylenes is 1. The van der Waals surface area contributed by atoms with E-state index in [-0.39, 0.29) is 14.9 Å². The smallest absolute Gasteiger partial charge is 0.0470 e. The van der Waals surface area contributed by atoms with Crippen molar-refractivity contribution in [1.29, 1.82) is 0 Å². The first-order valence-electron chi connectivity index (χ1n) is 6.97. The van der Waals surface area contributed by atoms with Crippen molar-refractivity contribution in [3.63, 3.8) is 0 Å². The SMILES string of the molecule is C.C.C#C.C/C=C/C.CC.CC.CC(C)C.CCC. The first-order valence-corrected chi connectivity index (χ1v) is 6.97. The van der Waals surface area contributed by atoms with E-state index >= 15 is 0 Å². The molecule has 124 valence electrons. The Kier molecular flexibility index (Phi) is 445. The van der Waals surface area contributed by atoms with Gasteiger partial charge < -0.3 is 0 Å². The Morgan fingerprint density at radius 2 is 0.789 bits per heavy atom. The molecule has 0 fully saturated rings. The molecule has 0 saturated carbocycles. The summed E-state index contributed by atoms with van der Waals surface area (Å²) in [7, 11) is 0. The van der Waals surface area contributed by atoms with Crippen molar-refractivity contribution in [2.24, 2.45) is 5.92 Å². The fourth-order valence-electron chi connectivity index (χ4n) is 0. The third-order valence-electron chi connectivity index (χ3n) is 0.333. The van der Waals surface area contributed by atoms with E-state index in [9.17, 15) is 0 Å². The summed E-state index contributed by atoms with van der Waals surface area (Å²) >= 11 is 0.